The Labute approximate surface area is 174 Å². The number of rotatable bonds is 4. The normalized spacial score (nSPS) is 30.5. The molecule has 0 aromatic heterocycles. The first-order chi connectivity index (χ1) is 14.2. The van der Waals surface area contributed by atoms with Gasteiger partial charge in [0.05, 0.1) is 6.61 Å². The van der Waals surface area contributed by atoms with Gasteiger partial charge in [-0.2, -0.15) is 0 Å². The molecule has 2 bridgehead atoms. The molecule has 5 nitrogen and oxygen atoms in total. The van der Waals surface area contributed by atoms with Crippen LogP contribution in [0.4, 0.5) is 4.79 Å². The summed E-state index contributed by atoms with van der Waals surface area (Å²) < 4.78 is 10.4. The third-order valence-electron chi connectivity index (χ3n) is 8.17. The lowest BCUT2D eigenvalue weighted by Crippen LogP contribution is -2.55. The van der Waals surface area contributed by atoms with Crippen molar-refractivity contribution in [2.24, 2.45) is 0 Å². The molecule has 5 heteroatoms. The van der Waals surface area contributed by atoms with E-state index >= 15 is 0 Å². The lowest BCUT2D eigenvalue weighted by atomic mass is 9.73. The molecule has 4 aliphatic rings. The first kappa shape index (κ1) is 19.4. The van der Waals surface area contributed by atoms with E-state index in [1.54, 1.807) is 18.2 Å². The van der Waals surface area contributed by atoms with E-state index in [2.05, 4.69) is 29.2 Å². The van der Waals surface area contributed by atoms with Gasteiger partial charge in [-0.3, -0.25) is 0 Å². The summed E-state index contributed by atoms with van der Waals surface area (Å²) in [6.07, 6.45) is 9.52. The minimum Gasteiger partial charge on any atom is -0.447 e. The standard InChI is InChI=1S/C24H34N2O3/c1-28-14-15-29-23(27)26-19-6-7-20(26)17-21(16-19)25-12-10-24(11-13-25)9-8-18-4-2-3-5-22(18)24/h2-5,19-21H,6-17H2,1H3. The Hall–Kier alpha value is -1.59. The molecule has 29 heavy (non-hydrogen) atoms. The van der Waals surface area contributed by atoms with E-state index in [1.807, 2.05) is 4.90 Å². The van der Waals surface area contributed by atoms with Crippen molar-refractivity contribution in [2.45, 2.75) is 74.9 Å². The zero-order chi connectivity index (χ0) is 19.8. The highest BCUT2D eigenvalue weighted by Gasteiger charge is 2.47. The van der Waals surface area contributed by atoms with Gasteiger partial charge in [0.2, 0.25) is 0 Å². The number of nitrogens with zero attached hydrogens (tertiary/aromatic N) is 2. The highest BCUT2D eigenvalue weighted by atomic mass is 16.6. The fourth-order valence-corrected chi connectivity index (χ4v) is 6.63. The molecule has 1 aliphatic carbocycles. The molecule has 3 aliphatic heterocycles. The molecule has 0 N–H and O–H groups in total. The monoisotopic (exact) mass is 398 g/mol. The Morgan fingerprint density at radius 2 is 1.76 bits per heavy atom. The number of fused-ring (bicyclic) bond motifs is 4. The van der Waals surface area contributed by atoms with Crippen LogP contribution in [0, 0.1) is 0 Å². The first-order valence-corrected chi connectivity index (χ1v) is 11.5. The van der Waals surface area contributed by atoms with Gasteiger partial charge >= 0.3 is 6.09 Å². The maximum atomic E-state index is 12.5. The van der Waals surface area contributed by atoms with E-state index in [0.717, 1.165) is 25.7 Å². The summed E-state index contributed by atoms with van der Waals surface area (Å²) in [5.41, 5.74) is 3.64. The number of amides is 1. The second-order valence-corrected chi connectivity index (χ2v) is 9.50. The van der Waals surface area contributed by atoms with Crippen LogP contribution < -0.4 is 0 Å². The molecule has 3 fully saturated rings. The second kappa shape index (κ2) is 7.92. The Bertz CT molecular complexity index is 729. The minimum atomic E-state index is -0.131. The summed E-state index contributed by atoms with van der Waals surface area (Å²) in [6.45, 7) is 3.23. The van der Waals surface area contributed by atoms with Crippen LogP contribution in [0.1, 0.15) is 56.1 Å². The lowest BCUT2D eigenvalue weighted by Gasteiger charge is -2.47. The second-order valence-electron chi connectivity index (χ2n) is 9.50. The Morgan fingerprint density at radius 1 is 1.03 bits per heavy atom. The maximum Gasteiger partial charge on any atom is 0.410 e. The largest absolute Gasteiger partial charge is 0.447 e. The van der Waals surface area contributed by atoms with Gasteiger partial charge in [0.25, 0.3) is 0 Å². The smallest absolute Gasteiger partial charge is 0.410 e. The number of benzene rings is 1. The molecule has 1 spiro atoms. The van der Waals surface area contributed by atoms with Crippen molar-refractivity contribution in [2.75, 3.05) is 33.4 Å². The number of hydrogen-bond donors (Lipinski definition) is 0. The van der Waals surface area contributed by atoms with Gasteiger partial charge in [-0.25, -0.2) is 4.79 Å². The minimum absolute atomic E-state index is 0.131. The van der Waals surface area contributed by atoms with Gasteiger partial charge in [-0.05, 0) is 81.0 Å². The maximum absolute atomic E-state index is 12.5. The Balaban J connectivity index is 1.19. The molecule has 1 amide bonds. The molecule has 0 radical (unpaired) electrons. The summed E-state index contributed by atoms with van der Waals surface area (Å²) in [5.74, 6) is 0. The summed E-state index contributed by atoms with van der Waals surface area (Å²) in [5, 5.41) is 0. The summed E-state index contributed by atoms with van der Waals surface area (Å²) in [4.78, 5) is 17.3. The lowest BCUT2D eigenvalue weighted by molar-refractivity contribution is 0.0187. The fraction of sp³-hybridized carbons (Fsp3) is 0.708. The van der Waals surface area contributed by atoms with Gasteiger partial charge in [0.15, 0.2) is 0 Å². The summed E-state index contributed by atoms with van der Waals surface area (Å²) in [6, 6.07) is 10.5. The average Bonchev–Trinajstić information content (AvgIpc) is 3.23. The van der Waals surface area contributed by atoms with E-state index < -0.39 is 0 Å². The number of piperidine rings is 2. The van der Waals surface area contributed by atoms with Crippen molar-refractivity contribution < 1.29 is 14.3 Å². The SMILES string of the molecule is COCCOC(=O)N1C2CCC1CC(N1CCC3(CCc4ccccc43)CC1)C2. The molecule has 2 unspecified atom stereocenters. The van der Waals surface area contributed by atoms with Gasteiger partial charge in [-0.15, -0.1) is 0 Å². The third-order valence-corrected chi connectivity index (χ3v) is 8.17. The fourth-order valence-electron chi connectivity index (χ4n) is 6.63. The Morgan fingerprint density at radius 3 is 2.48 bits per heavy atom. The summed E-state index contributed by atoms with van der Waals surface area (Å²) in [7, 11) is 1.63. The van der Waals surface area contributed by atoms with Crippen LogP contribution in [0.5, 0.6) is 0 Å². The number of carbonyl (C=O) groups is 1. The molecule has 1 aromatic carbocycles. The zero-order valence-electron chi connectivity index (χ0n) is 17.6. The van der Waals surface area contributed by atoms with Crippen LogP contribution >= 0.6 is 0 Å². The van der Waals surface area contributed by atoms with Crippen molar-refractivity contribution in [1.82, 2.24) is 9.80 Å². The molecular weight excluding hydrogens is 364 g/mol. The zero-order valence-corrected chi connectivity index (χ0v) is 17.6. The van der Waals surface area contributed by atoms with E-state index in [9.17, 15) is 4.79 Å². The van der Waals surface area contributed by atoms with Crippen molar-refractivity contribution in [1.29, 1.82) is 0 Å². The van der Waals surface area contributed by atoms with Crippen LogP contribution in [0.2, 0.25) is 0 Å². The number of ether oxygens (including phenoxy) is 2. The van der Waals surface area contributed by atoms with Crippen molar-refractivity contribution >= 4 is 6.09 Å². The number of aryl methyl sites for hydroxylation is 1. The molecule has 2 atom stereocenters. The number of likely N-dealkylation sites (tertiary alicyclic amines) is 1. The van der Waals surface area contributed by atoms with E-state index in [0.29, 0.717) is 36.8 Å². The van der Waals surface area contributed by atoms with E-state index in [-0.39, 0.29) is 6.09 Å². The number of hydrogen-bond acceptors (Lipinski definition) is 4. The van der Waals surface area contributed by atoms with Crippen molar-refractivity contribution in [3.05, 3.63) is 35.4 Å². The average molecular weight is 399 g/mol. The van der Waals surface area contributed by atoms with Gasteiger partial charge in [-0.1, -0.05) is 24.3 Å². The molecule has 158 valence electrons. The Kier molecular flexibility index (Phi) is 5.29. The summed E-state index contributed by atoms with van der Waals surface area (Å²) >= 11 is 0. The topological polar surface area (TPSA) is 42.0 Å². The molecule has 3 saturated heterocycles. The quantitative estimate of drug-likeness (QED) is 0.725. The van der Waals surface area contributed by atoms with Crippen LogP contribution in [0.3, 0.4) is 0 Å². The van der Waals surface area contributed by atoms with Gasteiger partial charge in [0.1, 0.15) is 6.61 Å². The van der Waals surface area contributed by atoms with Crippen molar-refractivity contribution in [3.8, 4) is 0 Å². The predicted octanol–water partition coefficient (Wildman–Crippen LogP) is 3.74. The highest BCUT2D eigenvalue weighted by Crippen LogP contribution is 2.47. The van der Waals surface area contributed by atoms with E-state index in [4.69, 9.17) is 9.47 Å². The highest BCUT2D eigenvalue weighted by molar-refractivity contribution is 5.69. The van der Waals surface area contributed by atoms with Crippen LogP contribution in [-0.4, -0.2) is 67.4 Å². The molecular formula is C24H34N2O3. The third kappa shape index (κ3) is 3.46. The van der Waals surface area contributed by atoms with Crippen molar-refractivity contribution in [3.63, 3.8) is 0 Å². The van der Waals surface area contributed by atoms with Gasteiger partial charge < -0.3 is 19.3 Å². The van der Waals surface area contributed by atoms with Crippen LogP contribution in [-0.2, 0) is 21.3 Å². The first-order valence-electron chi connectivity index (χ1n) is 11.5. The molecule has 5 rings (SSSR count). The molecule has 1 aromatic rings. The predicted molar refractivity (Wildman–Crippen MR) is 112 cm³/mol. The molecule has 3 heterocycles. The number of methoxy groups -OCH3 is 1. The number of carbonyl (C=O) groups excluding carboxylic acids is 1. The molecule has 0 saturated carbocycles. The van der Waals surface area contributed by atoms with Crippen LogP contribution in [0.15, 0.2) is 24.3 Å². The van der Waals surface area contributed by atoms with E-state index in [1.165, 1.54) is 38.8 Å². The van der Waals surface area contributed by atoms with Gasteiger partial charge in [0, 0.05) is 25.2 Å². The van der Waals surface area contributed by atoms with Crippen LogP contribution in [0.25, 0.3) is 0 Å².